The van der Waals surface area contributed by atoms with Gasteiger partial charge in [-0.2, -0.15) is 0 Å². The summed E-state index contributed by atoms with van der Waals surface area (Å²) in [5.41, 5.74) is 1.64. The van der Waals surface area contributed by atoms with Crippen LogP contribution in [-0.2, 0) is 0 Å². The molecule has 2 aromatic heterocycles. The van der Waals surface area contributed by atoms with E-state index in [1.54, 1.807) is 30.6 Å². The molecule has 3 aromatic rings. The first-order chi connectivity index (χ1) is 11.6. The summed E-state index contributed by atoms with van der Waals surface area (Å²) in [7, 11) is 0. The highest BCUT2D eigenvalue weighted by Gasteiger charge is 2.09. The van der Waals surface area contributed by atoms with E-state index in [0.29, 0.717) is 11.6 Å². The van der Waals surface area contributed by atoms with E-state index < -0.39 is 0 Å². The fourth-order valence-electron chi connectivity index (χ4n) is 2.24. The first kappa shape index (κ1) is 15.7. The molecule has 0 saturated heterocycles. The van der Waals surface area contributed by atoms with Crippen molar-refractivity contribution < 1.29 is 5.11 Å². The normalized spacial score (nSPS) is 10.6. The summed E-state index contributed by atoms with van der Waals surface area (Å²) in [4.78, 5) is 13.1. The van der Waals surface area contributed by atoms with Crippen LogP contribution in [0, 0.1) is 0 Å². The van der Waals surface area contributed by atoms with Crippen molar-refractivity contribution in [3.05, 3.63) is 54.9 Å². The smallest absolute Gasteiger partial charge is 0.163 e. The minimum absolute atomic E-state index is 0.182. The number of anilines is 3. The number of aromatic nitrogens is 3. The molecular formula is C18H19N5O. The van der Waals surface area contributed by atoms with Gasteiger partial charge >= 0.3 is 0 Å². The van der Waals surface area contributed by atoms with Crippen molar-refractivity contribution in [1.82, 2.24) is 15.0 Å². The van der Waals surface area contributed by atoms with E-state index in [1.165, 1.54) is 0 Å². The zero-order valence-corrected chi connectivity index (χ0v) is 13.6. The molecule has 3 N–H and O–H groups in total. The number of hydrogen-bond acceptors (Lipinski definition) is 6. The van der Waals surface area contributed by atoms with Crippen LogP contribution in [0.1, 0.15) is 13.8 Å². The molecule has 3 rings (SSSR count). The molecule has 0 aliphatic rings. The summed E-state index contributed by atoms with van der Waals surface area (Å²) in [6.07, 6.45) is 3.43. The Morgan fingerprint density at radius 1 is 0.958 bits per heavy atom. The third kappa shape index (κ3) is 3.98. The first-order valence-electron chi connectivity index (χ1n) is 7.72. The van der Waals surface area contributed by atoms with Gasteiger partial charge in [-0.05, 0) is 38.1 Å². The Bertz CT molecular complexity index is 821. The summed E-state index contributed by atoms with van der Waals surface area (Å²) in [6.45, 7) is 4.10. The van der Waals surface area contributed by atoms with Gasteiger partial charge in [0.1, 0.15) is 17.4 Å². The Balaban J connectivity index is 2.00. The van der Waals surface area contributed by atoms with E-state index in [0.717, 1.165) is 17.1 Å². The summed E-state index contributed by atoms with van der Waals surface area (Å²) < 4.78 is 0. The van der Waals surface area contributed by atoms with E-state index in [9.17, 15) is 5.11 Å². The van der Waals surface area contributed by atoms with E-state index in [4.69, 9.17) is 0 Å². The van der Waals surface area contributed by atoms with Gasteiger partial charge in [-0.15, -0.1) is 0 Å². The van der Waals surface area contributed by atoms with Gasteiger partial charge in [0.05, 0.1) is 0 Å². The Hall–Kier alpha value is -3.15. The third-order valence-electron chi connectivity index (χ3n) is 3.22. The molecule has 0 spiro atoms. The van der Waals surface area contributed by atoms with E-state index in [2.05, 4.69) is 25.6 Å². The zero-order chi connectivity index (χ0) is 16.9. The quantitative estimate of drug-likeness (QED) is 0.663. The Morgan fingerprint density at radius 3 is 2.42 bits per heavy atom. The molecule has 0 radical (unpaired) electrons. The molecule has 1 aromatic carbocycles. The Kier molecular flexibility index (Phi) is 4.56. The molecule has 0 saturated carbocycles. The van der Waals surface area contributed by atoms with E-state index in [1.807, 2.05) is 38.1 Å². The number of phenolic OH excluding ortho intramolecular Hbond substituents is 1. The average molecular weight is 321 g/mol. The van der Waals surface area contributed by atoms with E-state index >= 15 is 0 Å². The topological polar surface area (TPSA) is 83.0 Å². The van der Waals surface area contributed by atoms with Crippen LogP contribution >= 0.6 is 0 Å². The van der Waals surface area contributed by atoms with Crippen LogP contribution in [0.15, 0.2) is 54.9 Å². The molecule has 0 bridgehead atoms. The van der Waals surface area contributed by atoms with Crippen LogP contribution in [0.4, 0.5) is 17.3 Å². The van der Waals surface area contributed by atoms with Crippen molar-refractivity contribution in [3.63, 3.8) is 0 Å². The molecule has 2 heterocycles. The van der Waals surface area contributed by atoms with Crippen molar-refractivity contribution in [2.75, 3.05) is 10.6 Å². The molecule has 0 atom stereocenters. The Labute approximate surface area is 140 Å². The fraction of sp³-hybridized carbons (Fsp3) is 0.167. The van der Waals surface area contributed by atoms with E-state index in [-0.39, 0.29) is 11.8 Å². The maximum absolute atomic E-state index is 9.70. The molecule has 0 aliphatic carbocycles. The maximum atomic E-state index is 9.70. The molecule has 6 nitrogen and oxygen atoms in total. The molecular weight excluding hydrogens is 302 g/mol. The number of rotatable bonds is 5. The van der Waals surface area contributed by atoms with Crippen LogP contribution in [0.5, 0.6) is 5.75 Å². The molecule has 0 fully saturated rings. The lowest BCUT2D eigenvalue weighted by Gasteiger charge is -2.13. The summed E-state index contributed by atoms with van der Waals surface area (Å²) in [5, 5.41) is 16.2. The number of phenols is 1. The van der Waals surface area contributed by atoms with Gasteiger partial charge in [0.15, 0.2) is 5.82 Å². The van der Waals surface area contributed by atoms with Gasteiger partial charge in [-0.3, -0.25) is 4.98 Å². The van der Waals surface area contributed by atoms with Gasteiger partial charge in [0.2, 0.25) is 0 Å². The lowest BCUT2D eigenvalue weighted by Crippen LogP contribution is -2.12. The molecule has 6 heteroatoms. The predicted molar refractivity (Wildman–Crippen MR) is 95.4 cm³/mol. The van der Waals surface area contributed by atoms with Gasteiger partial charge < -0.3 is 15.7 Å². The van der Waals surface area contributed by atoms with Crippen molar-refractivity contribution >= 4 is 17.3 Å². The van der Waals surface area contributed by atoms with Crippen molar-refractivity contribution in [2.45, 2.75) is 19.9 Å². The second-order valence-electron chi connectivity index (χ2n) is 5.67. The minimum Gasteiger partial charge on any atom is -0.508 e. The zero-order valence-electron chi connectivity index (χ0n) is 13.6. The molecule has 0 amide bonds. The Morgan fingerprint density at radius 2 is 1.71 bits per heavy atom. The van der Waals surface area contributed by atoms with Crippen LogP contribution in [-0.4, -0.2) is 26.1 Å². The summed E-state index contributed by atoms with van der Waals surface area (Å²) in [6, 6.07) is 12.7. The monoisotopic (exact) mass is 321 g/mol. The van der Waals surface area contributed by atoms with Gasteiger partial charge in [-0.25, -0.2) is 9.97 Å². The third-order valence-corrected chi connectivity index (χ3v) is 3.22. The lowest BCUT2D eigenvalue weighted by molar-refractivity contribution is 0.475. The SMILES string of the molecule is CC(C)Nc1cc(Nc2ccncc2)nc(-c2cccc(O)c2)n1. The number of benzene rings is 1. The first-order valence-corrected chi connectivity index (χ1v) is 7.72. The van der Waals surface area contributed by atoms with Crippen LogP contribution in [0.3, 0.4) is 0 Å². The van der Waals surface area contributed by atoms with Crippen molar-refractivity contribution in [3.8, 4) is 17.1 Å². The number of aromatic hydroxyl groups is 1. The molecule has 24 heavy (non-hydrogen) atoms. The van der Waals surface area contributed by atoms with Crippen molar-refractivity contribution in [1.29, 1.82) is 0 Å². The fourth-order valence-corrected chi connectivity index (χ4v) is 2.24. The summed E-state index contributed by atoms with van der Waals surface area (Å²) >= 11 is 0. The van der Waals surface area contributed by atoms with Crippen LogP contribution in [0.25, 0.3) is 11.4 Å². The predicted octanol–water partition coefficient (Wildman–Crippen LogP) is 3.81. The second-order valence-corrected chi connectivity index (χ2v) is 5.67. The second kappa shape index (κ2) is 6.95. The minimum atomic E-state index is 0.182. The highest BCUT2D eigenvalue weighted by atomic mass is 16.3. The highest BCUT2D eigenvalue weighted by Crippen LogP contribution is 2.25. The molecule has 122 valence electrons. The largest absolute Gasteiger partial charge is 0.508 e. The number of nitrogens with zero attached hydrogens (tertiary/aromatic N) is 3. The average Bonchev–Trinajstić information content (AvgIpc) is 2.55. The number of pyridine rings is 1. The molecule has 0 unspecified atom stereocenters. The van der Waals surface area contributed by atoms with Crippen molar-refractivity contribution in [2.24, 2.45) is 0 Å². The van der Waals surface area contributed by atoms with Gasteiger partial charge in [-0.1, -0.05) is 12.1 Å². The number of nitrogens with one attached hydrogen (secondary N) is 2. The highest BCUT2D eigenvalue weighted by molar-refractivity contribution is 5.65. The standard InChI is InChI=1S/C18H19N5O/c1-12(2)20-16-11-17(21-14-6-8-19-9-7-14)23-18(22-16)13-4-3-5-15(24)10-13/h3-12,24H,1-2H3,(H2,19,20,21,22,23). The van der Waals surface area contributed by atoms with Gasteiger partial charge in [0, 0.05) is 35.8 Å². The lowest BCUT2D eigenvalue weighted by atomic mass is 10.2. The van der Waals surface area contributed by atoms with Crippen LogP contribution < -0.4 is 10.6 Å². The summed E-state index contributed by atoms with van der Waals surface area (Å²) in [5.74, 6) is 2.10. The molecule has 0 aliphatic heterocycles. The van der Waals surface area contributed by atoms with Crippen LogP contribution in [0.2, 0.25) is 0 Å². The maximum Gasteiger partial charge on any atom is 0.163 e. The van der Waals surface area contributed by atoms with Gasteiger partial charge in [0.25, 0.3) is 0 Å². The number of hydrogen-bond donors (Lipinski definition) is 3.